The standard InChI is InChI=1S/C23H25F3O6/c1-3-22(21(27)28)10-9-16-5-6-17(14-20(16)32-22)29-11-4-12-30-19-8-7-18(13-15(19)2)31-23(24,25)26/h5-8,13-14H,3-4,9-12H2,1-2H3,(H,27,28)/t22-/m1/s1. The molecule has 2 aromatic rings. The first kappa shape index (κ1) is 23.6. The average Bonchev–Trinajstić information content (AvgIpc) is 2.73. The molecule has 6 nitrogen and oxygen atoms in total. The molecule has 0 fully saturated rings. The molecule has 9 heteroatoms. The highest BCUT2D eigenvalue weighted by molar-refractivity contribution is 5.78. The van der Waals surface area contributed by atoms with Crippen molar-refractivity contribution in [3.63, 3.8) is 0 Å². The molecule has 2 aromatic carbocycles. The van der Waals surface area contributed by atoms with Crippen LogP contribution in [0.4, 0.5) is 13.2 Å². The van der Waals surface area contributed by atoms with Crippen molar-refractivity contribution in [1.82, 2.24) is 0 Å². The van der Waals surface area contributed by atoms with E-state index in [1.165, 1.54) is 18.2 Å². The van der Waals surface area contributed by atoms with E-state index in [-0.39, 0.29) is 5.75 Å². The zero-order valence-corrected chi connectivity index (χ0v) is 17.8. The first-order chi connectivity index (χ1) is 15.1. The lowest BCUT2D eigenvalue weighted by Crippen LogP contribution is -2.46. The van der Waals surface area contributed by atoms with Crippen LogP contribution in [0.5, 0.6) is 23.0 Å². The summed E-state index contributed by atoms with van der Waals surface area (Å²) in [6.07, 6.45) is -2.79. The minimum absolute atomic E-state index is 0.296. The molecule has 0 spiro atoms. The van der Waals surface area contributed by atoms with E-state index < -0.39 is 17.9 Å². The molecule has 0 aromatic heterocycles. The van der Waals surface area contributed by atoms with Gasteiger partial charge < -0.3 is 24.1 Å². The molecule has 1 heterocycles. The van der Waals surface area contributed by atoms with Crippen LogP contribution in [0.2, 0.25) is 0 Å². The Bertz CT molecular complexity index is 959. The van der Waals surface area contributed by atoms with E-state index in [1.807, 2.05) is 12.1 Å². The minimum atomic E-state index is -4.74. The Balaban J connectivity index is 1.49. The number of aliphatic carboxylic acids is 1. The van der Waals surface area contributed by atoms with Gasteiger partial charge in [0.25, 0.3) is 0 Å². The number of benzene rings is 2. The molecule has 1 aliphatic heterocycles. The topological polar surface area (TPSA) is 74.2 Å². The van der Waals surface area contributed by atoms with Crippen LogP contribution in [0, 0.1) is 6.92 Å². The van der Waals surface area contributed by atoms with E-state index in [4.69, 9.17) is 14.2 Å². The molecule has 0 amide bonds. The van der Waals surface area contributed by atoms with E-state index in [0.29, 0.717) is 61.7 Å². The Kier molecular flexibility index (Phi) is 7.06. The molecule has 174 valence electrons. The number of fused-ring (bicyclic) bond motifs is 1. The smallest absolute Gasteiger partial charge is 0.493 e. The van der Waals surface area contributed by atoms with Crippen LogP contribution in [0.15, 0.2) is 36.4 Å². The number of hydrogen-bond acceptors (Lipinski definition) is 5. The Morgan fingerprint density at radius 2 is 1.84 bits per heavy atom. The molecule has 0 unspecified atom stereocenters. The van der Waals surface area contributed by atoms with Gasteiger partial charge in [-0.15, -0.1) is 13.2 Å². The Morgan fingerprint density at radius 3 is 2.50 bits per heavy atom. The molecule has 1 atom stereocenters. The van der Waals surface area contributed by atoms with E-state index >= 15 is 0 Å². The van der Waals surface area contributed by atoms with Gasteiger partial charge in [-0.25, -0.2) is 4.79 Å². The lowest BCUT2D eigenvalue weighted by Gasteiger charge is -2.34. The van der Waals surface area contributed by atoms with Gasteiger partial charge in [0.05, 0.1) is 13.2 Å². The van der Waals surface area contributed by atoms with Crippen molar-refractivity contribution < 1.29 is 42.0 Å². The number of halogens is 3. The number of hydrogen-bond donors (Lipinski definition) is 1. The van der Waals surface area contributed by atoms with Crippen molar-refractivity contribution in [3.8, 4) is 23.0 Å². The quantitative estimate of drug-likeness (QED) is 0.519. The highest BCUT2D eigenvalue weighted by Crippen LogP contribution is 2.37. The average molecular weight is 454 g/mol. The molecule has 3 rings (SSSR count). The first-order valence-corrected chi connectivity index (χ1v) is 10.3. The predicted octanol–water partition coefficient (Wildman–Crippen LogP) is 5.30. The molecule has 32 heavy (non-hydrogen) atoms. The van der Waals surface area contributed by atoms with Gasteiger partial charge in [0.1, 0.15) is 23.0 Å². The second-order valence-electron chi connectivity index (χ2n) is 7.55. The highest BCUT2D eigenvalue weighted by atomic mass is 19.4. The number of rotatable bonds is 9. The second-order valence-corrected chi connectivity index (χ2v) is 7.55. The SMILES string of the molecule is CC[C@]1(C(=O)O)CCc2ccc(OCCCOc3ccc(OC(F)(F)F)cc3C)cc2O1. The molecule has 0 bridgehead atoms. The second kappa shape index (κ2) is 9.58. The molecule has 0 radical (unpaired) electrons. The zero-order chi connectivity index (χ0) is 23.4. The van der Waals surface area contributed by atoms with Gasteiger partial charge in [-0.2, -0.15) is 0 Å². The van der Waals surface area contributed by atoms with E-state index in [0.717, 1.165) is 5.56 Å². The van der Waals surface area contributed by atoms with Crippen molar-refractivity contribution in [1.29, 1.82) is 0 Å². The molecular formula is C23H25F3O6. The van der Waals surface area contributed by atoms with Gasteiger partial charge in [-0.05, 0) is 55.2 Å². The number of ether oxygens (including phenoxy) is 4. The Labute approximate surface area is 183 Å². The maximum atomic E-state index is 12.3. The third-order valence-electron chi connectivity index (χ3n) is 5.30. The lowest BCUT2D eigenvalue weighted by molar-refractivity contribution is -0.274. The van der Waals surface area contributed by atoms with Crippen molar-refractivity contribution in [2.75, 3.05) is 13.2 Å². The molecule has 0 saturated carbocycles. The fourth-order valence-corrected chi connectivity index (χ4v) is 3.49. The number of aryl methyl sites for hydroxylation is 2. The monoisotopic (exact) mass is 454 g/mol. The van der Waals surface area contributed by atoms with Crippen LogP contribution >= 0.6 is 0 Å². The van der Waals surface area contributed by atoms with Crippen LogP contribution in [0.25, 0.3) is 0 Å². The summed E-state index contributed by atoms with van der Waals surface area (Å²) in [6.45, 7) is 4.07. The van der Waals surface area contributed by atoms with Gasteiger partial charge in [-0.1, -0.05) is 13.0 Å². The molecular weight excluding hydrogens is 429 g/mol. The summed E-state index contributed by atoms with van der Waals surface area (Å²) in [5.74, 6) is 0.279. The maximum absolute atomic E-state index is 12.3. The summed E-state index contributed by atoms with van der Waals surface area (Å²) < 4.78 is 57.9. The molecule has 1 aliphatic rings. The molecule has 0 saturated heterocycles. The van der Waals surface area contributed by atoms with Gasteiger partial charge in [0, 0.05) is 18.9 Å². The summed E-state index contributed by atoms with van der Waals surface area (Å²) in [6, 6.07) is 9.28. The van der Waals surface area contributed by atoms with E-state index in [1.54, 1.807) is 19.9 Å². The summed E-state index contributed by atoms with van der Waals surface area (Å²) in [5.41, 5.74) is 0.259. The van der Waals surface area contributed by atoms with Crippen LogP contribution in [0.1, 0.15) is 37.3 Å². The Hall–Kier alpha value is -3.10. The van der Waals surface area contributed by atoms with Crippen molar-refractivity contribution in [2.45, 2.75) is 51.5 Å². The summed E-state index contributed by atoms with van der Waals surface area (Å²) in [5, 5.41) is 9.54. The number of carbonyl (C=O) groups is 1. The van der Waals surface area contributed by atoms with E-state index in [9.17, 15) is 23.1 Å². The summed E-state index contributed by atoms with van der Waals surface area (Å²) >= 11 is 0. The third-order valence-corrected chi connectivity index (χ3v) is 5.30. The maximum Gasteiger partial charge on any atom is 0.573 e. The number of carboxylic acid groups (broad SMARTS) is 1. The van der Waals surface area contributed by atoms with Crippen LogP contribution in [-0.2, 0) is 11.2 Å². The van der Waals surface area contributed by atoms with Gasteiger partial charge in [-0.3, -0.25) is 0 Å². The summed E-state index contributed by atoms with van der Waals surface area (Å²) in [4.78, 5) is 11.6. The van der Waals surface area contributed by atoms with Gasteiger partial charge in [0.15, 0.2) is 0 Å². The van der Waals surface area contributed by atoms with Crippen LogP contribution in [-0.4, -0.2) is 36.3 Å². The lowest BCUT2D eigenvalue weighted by atomic mass is 9.89. The normalized spacial score (nSPS) is 17.8. The largest absolute Gasteiger partial charge is 0.573 e. The first-order valence-electron chi connectivity index (χ1n) is 10.3. The zero-order valence-electron chi connectivity index (χ0n) is 17.8. The fraction of sp³-hybridized carbons (Fsp3) is 0.435. The highest BCUT2D eigenvalue weighted by Gasteiger charge is 2.42. The number of alkyl halides is 3. The summed E-state index contributed by atoms with van der Waals surface area (Å²) in [7, 11) is 0. The fourth-order valence-electron chi connectivity index (χ4n) is 3.49. The Morgan fingerprint density at radius 1 is 1.12 bits per heavy atom. The van der Waals surface area contributed by atoms with E-state index in [2.05, 4.69) is 4.74 Å². The molecule has 1 N–H and O–H groups in total. The van der Waals surface area contributed by atoms with Crippen molar-refractivity contribution >= 4 is 5.97 Å². The minimum Gasteiger partial charge on any atom is -0.493 e. The van der Waals surface area contributed by atoms with Gasteiger partial charge >= 0.3 is 12.3 Å². The van der Waals surface area contributed by atoms with Crippen molar-refractivity contribution in [3.05, 3.63) is 47.5 Å². The van der Waals surface area contributed by atoms with Crippen molar-refractivity contribution in [2.24, 2.45) is 0 Å². The molecule has 0 aliphatic carbocycles. The van der Waals surface area contributed by atoms with Crippen LogP contribution < -0.4 is 18.9 Å². The third kappa shape index (κ3) is 5.77. The number of carboxylic acids is 1. The van der Waals surface area contributed by atoms with Gasteiger partial charge in [0.2, 0.25) is 5.60 Å². The van der Waals surface area contributed by atoms with Crippen LogP contribution in [0.3, 0.4) is 0 Å². The predicted molar refractivity (Wildman–Crippen MR) is 110 cm³/mol.